The van der Waals surface area contributed by atoms with Crippen molar-refractivity contribution >= 4 is 6.29 Å². The van der Waals surface area contributed by atoms with Crippen LogP contribution < -0.4 is 10.1 Å². The molecule has 0 fully saturated rings. The highest BCUT2D eigenvalue weighted by Gasteiger charge is 2.19. The maximum Gasteiger partial charge on any atom is 0.133 e. The van der Waals surface area contributed by atoms with Crippen LogP contribution in [0.3, 0.4) is 0 Å². The van der Waals surface area contributed by atoms with Gasteiger partial charge in [-0.2, -0.15) is 0 Å². The van der Waals surface area contributed by atoms with Crippen molar-refractivity contribution in [2.75, 3.05) is 13.1 Å². The van der Waals surface area contributed by atoms with Crippen molar-refractivity contribution in [1.82, 2.24) is 5.32 Å². The molecule has 0 atom stereocenters. The number of hydrogen-bond donors (Lipinski definition) is 1. The van der Waals surface area contributed by atoms with Gasteiger partial charge in [-0.3, -0.25) is 0 Å². The third-order valence-corrected chi connectivity index (χ3v) is 2.80. The van der Waals surface area contributed by atoms with Gasteiger partial charge in [0.1, 0.15) is 12.0 Å². The standard InChI is InChI=1S/C15H23NO2/c1-12(2)18-14-7-5-13(6-8-14)15(3,4)11-16-9-10-17/h5-8,10,12,16H,9,11H2,1-4H3. The van der Waals surface area contributed by atoms with E-state index in [9.17, 15) is 4.79 Å². The molecule has 0 aliphatic heterocycles. The number of nitrogens with one attached hydrogen (secondary N) is 1. The van der Waals surface area contributed by atoms with Crippen LogP contribution in [0.4, 0.5) is 0 Å². The van der Waals surface area contributed by atoms with E-state index in [1.54, 1.807) is 0 Å². The van der Waals surface area contributed by atoms with Crippen molar-refractivity contribution < 1.29 is 9.53 Å². The average Bonchev–Trinajstić information content (AvgIpc) is 2.29. The Morgan fingerprint density at radius 1 is 1.28 bits per heavy atom. The Labute approximate surface area is 110 Å². The molecular weight excluding hydrogens is 226 g/mol. The van der Waals surface area contributed by atoms with Crippen LogP contribution in [0.25, 0.3) is 0 Å². The predicted octanol–water partition coefficient (Wildman–Crippen LogP) is 2.54. The molecule has 0 aromatic heterocycles. The number of hydrogen-bond acceptors (Lipinski definition) is 3. The summed E-state index contributed by atoms with van der Waals surface area (Å²) in [6.45, 7) is 9.52. The monoisotopic (exact) mass is 249 g/mol. The van der Waals surface area contributed by atoms with E-state index in [0.717, 1.165) is 18.6 Å². The molecule has 1 rings (SSSR count). The third-order valence-electron chi connectivity index (χ3n) is 2.80. The first-order valence-corrected chi connectivity index (χ1v) is 6.37. The molecular formula is C15H23NO2. The highest BCUT2D eigenvalue weighted by Crippen LogP contribution is 2.24. The van der Waals surface area contributed by atoms with Gasteiger partial charge < -0.3 is 14.8 Å². The van der Waals surface area contributed by atoms with Crippen LogP contribution in [0.2, 0.25) is 0 Å². The van der Waals surface area contributed by atoms with Gasteiger partial charge in [0.15, 0.2) is 0 Å². The van der Waals surface area contributed by atoms with Gasteiger partial charge in [-0.05, 0) is 31.5 Å². The van der Waals surface area contributed by atoms with Crippen LogP contribution in [-0.4, -0.2) is 25.5 Å². The number of carbonyl (C=O) groups excluding carboxylic acids is 1. The molecule has 0 bridgehead atoms. The zero-order valence-corrected chi connectivity index (χ0v) is 11.7. The Balaban J connectivity index is 2.67. The van der Waals surface area contributed by atoms with Crippen LogP contribution in [-0.2, 0) is 10.2 Å². The summed E-state index contributed by atoms with van der Waals surface area (Å²) in [5.41, 5.74) is 1.23. The van der Waals surface area contributed by atoms with E-state index in [1.165, 1.54) is 5.56 Å². The summed E-state index contributed by atoms with van der Waals surface area (Å²) in [5.74, 6) is 0.894. The molecule has 0 radical (unpaired) electrons. The number of rotatable bonds is 7. The fraction of sp³-hybridized carbons (Fsp3) is 0.533. The molecule has 3 heteroatoms. The average molecular weight is 249 g/mol. The fourth-order valence-corrected chi connectivity index (χ4v) is 1.80. The Bertz CT molecular complexity index is 369. The van der Waals surface area contributed by atoms with Gasteiger partial charge in [0.2, 0.25) is 0 Å². The topological polar surface area (TPSA) is 38.3 Å². The Kier molecular flexibility index (Phi) is 5.35. The molecule has 0 spiro atoms. The summed E-state index contributed by atoms with van der Waals surface area (Å²) in [6.07, 6.45) is 1.08. The SMILES string of the molecule is CC(C)Oc1ccc(C(C)(C)CNCC=O)cc1. The summed E-state index contributed by atoms with van der Waals surface area (Å²) in [6, 6.07) is 8.16. The smallest absolute Gasteiger partial charge is 0.133 e. The summed E-state index contributed by atoms with van der Waals surface area (Å²) in [5, 5.41) is 3.12. The van der Waals surface area contributed by atoms with Gasteiger partial charge in [-0.1, -0.05) is 26.0 Å². The minimum absolute atomic E-state index is 0.000624. The van der Waals surface area contributed by atoms with Crippen molar-refractivity contribution in [1.29, 1.82) is 0 Å². The maximum atomic E-state index is 10.3. The minimum atomic E-state index is -0.000624. The molecule has 0 unspecified atom stereocenters. The number of ether oxygens (including phenoxy) is 1. The lowest BCUT2D eigenvalue weighted by molar-refractivity contribution is -0.107. The summed E-state index contributed by atoms with van der Waals surface area (Å²) in [7, 11) is 0. The molecule has 100 valence electrons. The van der Waals surface area contributed by atoms with E-state index in [0.29, 0.717) is 6.54 Å². The van der Waals surface area contributed by atoms with Crippen LogP contribution in [0.5, 0.6) is 5.75 Å². The molecule has 1 aromatic rings. The molecule has 1 N–H and O–H groups in total. The lowest BCUT2D eigenvalue weighted by atomic mass is 9.84. The van der Waals surface area contributed by atoms with E-state index in [4.69, 9.17) is 4.74 Å². The lowest BCUT2D eigenvalue weighted by Crippen LogP contribution is -2.33. The Hall–Kier alpha value is -1.35. The zero-order valence-electron chi connectivity index (χ0n) is 11.7. The molecule has 0 saturated heterocycles. The summed E-state index contributed by atoms with van der Waals surface area (Å²) < 4.78 is 5.62. The van der Waals surface area contributed by atoms with Gasteiger partial charge in [-0.15, -0.1) is 0 Å². The van der Waals surface area contributed by atoms with Gasteiger partial charge >= 0.3 is 0 Å². The maximum absolute atomic E-state index is 10.3. The second-order valence-corrected chi connectivity index (χ2v) is 5.37. The Morgan fingerprint density at radius 3 is 2.39 bits per heavy atom. The molecule has 0 aliphatic rings. The molecule has 0 saturated carbocycles. The number of benzene rings is 1. The van der Waals surface area contributed by atoms with Crippen molar-refractivity contribution in [2.24, 2.45) is 0 Å². The first-order valence-electron chi connectivity index (χ1n) is 6.37. The van der Waals surface area contributed by atoms with Gasteiger partial charge in [0, 0.05) is 12.0 Å². The lowest BCUT2D eigenvalue weighted by Gasteiger charge is -2.25. The normalized spacial score (nSPS) is 11.6. The minimum Gasteiger partial charge on any atom is -0.491 e. The van der Waals surface area contributed by atoms with Crippen LogP contribution in [0, 0.1) is 0 Å². The second kappa shape index (κ2) is 6.55. The second-order valence-electron chi connectivity index (χ2n) is 5.37. The molecule has 18 heavy (non-hydrogen) atoms. The van der Waals surface area contributed by atoms with E-state index < -0.39 is 0 Å². The van der Waals surface area contributed by atoms with Crippen LogP contribution >= 0.6 is 0 Å². The first kappa shape index (κ1) is 14.7. The molecule has 0 heterocycles. The summed E-state index contributed by atoms with van der Waals surface area (Å²) in [4.78, 5) is 10.3. The highest BCUT2D eigenvalue weighted by atomic mass is 16.5. The first-order chi connectivity index (χ1) is 8.45. The van der Waals surface area contributed by atoms with Crippen molar-refractivity contribution in [2.45, 2.75) is 39.2 Å². The predicted molar refractivity (Wildman–Crippen MR) is 74.2 cm³/mol. The van der Waals surface area contributed by atoms with Gasteiger partial charge in [-0.25, -0.2) is 0 Å². The van der Waals surface area contributed by atoms with Gasteiger partial charge in [0.05, 0.1) is 12.6 Å². The van der Waals surface area contributed by atoms with Crippen molar-refractivity contribution in [3.63, 3.8) is 0 Å². The summed E-state index contributed by atoms with van der Waals surface area (Å²) >= 11 is 0. The van der Waals surface area contributed by atoms with E-state index >= 15 is 0 Å². The number of carbonyl (C=O) groups is 1. The quantitative estimate of drug-likeness (QED) is 0.596. The third kappa shape index (κ3) is 4.49. The zero-order chi connectivity index (χ0) is 13.6. The van der Waals surface area contributed by atoms with E-state index in [-0.39, 0.29) is 11.5 Å². The van der Waals surface area contributed by atoms with E-state index in [2.05, 4.69) is 31.3 Å². The van der Waals surface area contributed by atoms with Crippen LogP contribution in [0.1, 0.15) is 33.3 Å². The van der Waals surface area contributed by atoms with E-state index in [1.807, 2.05) is 26.0 Å². The Morgan fingerprint density at radius 2 is 1.89 bits per heavy atom. The van der Waals surface area contributed by atoms with Crippen molar-refractivity contribution in [3.8, 4) is 5.75 Å². The van der Waals surface area contributed by atoms with Crippen molar-refractivity contribution in [3.05, 3.63) is 29.8 Å². The molecule has 0 aliphatic carbocycles. The largest absolute Gasteiger partial charge is 0.491 e. The number of aldehydes is 1. The van der Waals surface area contributed by atoms with Gasteiger partial charge in [0.25, 0.3) is 0 Å². The van der Waals surface area contributed by atoms with Crippen LogP contribution in [0.15, 0.2) is 24.3 Å². The highest BCUT2D eigenvalue weighted by molar-refractivity contribution is 5.51. The molecule has 3 nitrogen and oxygen atoms in total. The molecule has 0 amide bonds. The molecule has 1 aromatic carbocycles. The fourth-order valence-electron chi connectivity index (χ4n) is 1.80.